The molecule has 7 nitrogen and oxygen atoms in total. The number of methoxy groups -OCH3 is 1. The maximum absolute atomic E-state index is 5.37. The predicted octanol–water partition coefficient (Wildman–Crippen LogP) is -0.820. The summed E-state index contributed by atoms with van der Waals surface area (Å²) in [4.78, 5) is 10.4. The second kappa shape index (κ2) is 4.95. The number of aromatic nitrogens is 2. The number of nitrogens with two attached hydrogens (primary N) is 1. The van der Waals surface area contributed by atoms with Crippen LogP contribution in [0.2, 0.25) is 0 Å². The van der Waals surface area contributed by atoms with Crippen molar-refractivity contribution in [2.75, 3.05) is 43.6 Å². The van der Waals surface area contributed by atoms with Gasteiger partial charge in [-0.3, -0.25) is 0 Å². The van der Waals surface area contributed by atoms with Crippen LogP contribution in [0, 0.1) is 0 Å². The Hall–Kier alpha value is -1.60. The minimum atomic E-state index is 0.506. The van der Waals surface area contributed by atoms with Gasteiger partial charge in [-0.15, -0.1) is 0 Å². The number of hydrogen-bond acceptors (Lipinski definition) is 7. The van der Waals surface area contributed by atoms with E-state index in [1.54, 1.807) is 7.11 Å². The normalized spacial score (nSPS) is 16.0. The molecule has 2 rings (SSSR count). The van der Waals surface area contributed by atoms with Crippen molar-refractivity contribution in [3.63, 3.8) is 0 Å². The molecule has 1 saturated heterocycles. The van der Waals surface area contributed by atoms with Gasteiger partial charge >= 0.3 is 0 Å². The van der Waals surface area contributed by atoms with E-state index in [9.17, 15) is 0 Å². The third-order valence-electron chi connectivity index (χ3n) is 2.54. The fourth-order valence-corrected chi connectivity index (χ4v) is 1.76. The molecule has 16 heavy (non-hydrogen) atoms. The number of rotatable bonds is 3. The quantitative estimate of drug-likeness (QED) is 0.456. The van der Waals surface area contributed by atoms with Crippen LogP contribution >= 0.6 is 0 Å². The summed E-state index contributed by atoms with van der Waals surface area (Å²) in [5.74, 6) is 7.25. The van der Waals surface area contributed by atoms with Crippen LogP contribution in [0.15, 0.2) is 6.33 Å². The zero-order valence-electron chi connectivity index (χ0n) is 9.23. The lowest BCUT2D eigenvalue weighted by molar-refractivity contribution is 0.410. The molecule has 0 aromatic carbocycles. The second-order valence-corrected chi connectivity index (χ2v) is 3.46. The molecule has 0 amide bonds. The summed E-state index contributed by atoms with van der Waals surface area (Å²) in [7, 11) is 1.59. The van der Waals surface area contributed by atoms with E-state index in [0.29, 0.717) is 11.6 Å². The van der Waals surface area contributed by atoms with E-state index in [4.69, 9.17) is 10.6 Å². The highest BCUT2D eigenvalue weighted by Crippen LogP contribution is 2.31. The van der Waals surface area contributed by atoms with E-state index in [1.165, 1.54) is 6.33 Å². The Morgan fingerprint density at radius 1 is 1.44 bits per heavy atom. The maximum Gasteiger partial charge on any atom is 0.205 e. The van der Waals surface area contributed by atoms with Crippen molar-refractivity contribution in [2.24, 2.45) is 5.84 Å². The molecular weight excluding hydrogens is 208 g/mol. The van der Waals surface area contributed by atoms with Gasteiger partial charge in [-0.25, -0.2) is 15.8 Å². The Morgan fingerprint density at radius 3 is 2.81 bits per heavy atom. The van der Waals surface area contributed by atoms with Crippen molar-refractivity contribution in [1.29, 1.82) is 0 Å². The lowest BCUT2D eigenvalue weighted by Crippen LogP contribution is -2.44. The molecule has 7 heteroatoms. The van der Waals surface area contributed by atoms with Gasteiger partial charge in [0, 0.05) is 26.2 Å². The van der Waals surface area contributed by atoms with Crippen LogP contribution in [-0.2, 0) is 0 Å². The highest BCUT2D eigenvalue weighted by Gasteiger charge is 2.19. The Balaban J connectivity index is 2.30. The first-order valence-corrected chi connectivity index (χ1v) is 5.18. The molecule has 4 N–H and O–H groups in total. The van der Waals surface area contributed by atoms with Crippen LogP contribution in [-0.4, -0.2) is 43.3 Å². The molecule has 0 aliphatic carbocycles. The van der Waals surface area contributed by atoms with Crippen molar-refractivity contribution in [1.82, 2.24) is 15.3 Å². The number of piperazine rings is 1. The van der Waals surface area contributed by atoms with Crippen molar-refractivity contribution >= 4 is 11.6 Å². The Kier molecular flexibility index (Phi) is 3.37. The molecule has 0 unspecified atom stereocenters. The van der Waals surface area contributed by atoms with Crippen molar-refractivity contribution in [2.45, 2.75) is 0 Å². The lowest BCUT2D eigenvalue weighted by Gasteiger charge is -2.29. The lowest BCUT2D eigenvalue weighted by atomic mass is 10.3. The molecule has 0 saturated carbocycles. The zero-order chi connectivity index (χ0) is 11.4. The van der Waals surface area contributed by atoms with Gasteiger partial charge in [-0.1, -0.05) is 0 Å². The molecular formula is C9H16N6O. The Morgan fingerprint density at radius 2 is 2.19 bits per heavy atom. The number of nitrogen functional groups attached to an aromatic ring is 1. The van der Waals surface area contributed by atoms with Crippen molar-refractivity contribution in [3.8, 4) is 5.75 Å². The van der Waals surface area contributed by atoms with E-state index in [1.807, 2.05) is 0 Å². The van der Waals surface area contributed by atoms with E-state index in [0.717, 1.165) is 32.0 Å². The van der Waals surface area contributed by atoms with Gasteiger partial charge < -0.3 is 20.4 Å². The molecule has 0 atom stereocenters. The zero-order valence-corrected chi connectivity index (χ0v) is 9.23. The Labute approximate surface area is 94.0 Å². The van der Waals surface area contributed by atoms with Gasteiger partial charge in [0.15, 0.2) is 11.6 Å². The monoisotopic (exact) mass is 224 g/mol. The predicted molar refractivity (Wildman–Crippen MR) is 61.5 cm³/mol. The summed E-state index contributed by atoms with van der Waals surface area (Å²) in [6.45, 7) is 3.69. The van der Waals surface area contributed by atoms with Crippen LogP contribution < -0.4 is 26.2 Å². The topological polar surface area (TPSA) is 88.3 Å². The largest absolute Gasteiger partial charge is 0.490 e. The van der Waals surface area contributed by atoms with E-state index >= 15 is 0 Å². The van der Waals surface area contributed by atoms with E-state index in [2.05, 4.69) is 25.6 Å². The first kappa shape index (κ1) is 10.9. The average molecular weight is 224 g/mol. The summed E-state index contributed by atoms with van der Waals surface area (Å²) in [5.41, 5.74) is 2.51. The number of ether oxygens (including phenoxy) is 1. The minimum Gasteiger partial charge on any atom is -0.490 e. The smallest absolute Gasteiger partial charge is 0.205 e. The van der Waals surface area contributed by atoms with Crippen LogP contribution in [0.25, 0.3) is 0 Å². The molecule has 1 aromatic heterocycles. The van der Waals surface area contributed by atoms with Gasteiger partial charge in [0.25, 0.3) is 0 Å². The highest BCUT2D eigenvalue weighted by molar-refractivity contribution is 5.64. The molecule has 1 fully saturated rings. The molecule has 1 aliphatic rings. The number of hydrazine groups is 1. The molecule has 1 aromatic rings. The van der Waals surface area contributed by atoms with Crippen LogP contribution in [0.3, 0.4) is 0 Å². The van der Waals surface area contributed by atoms with E-state index in [-0.39, 0.29) is 0 Å². The van der Waals surface area contributed by atoms with Gasteiger partial charge in [0.2, 0.25) is 5.75 Å². The Bertz CT molecular complexity index is 352. The third-order valence-corrected chi connectivity index (χ3v) is 2.54. The SMILES string of the molecule is COc1c(NN)ncnc1N1CCNCC1. The van der Waals surface area contributed by atoms with Crippen LogP contribution in [0.4, 0.5) is 11.6 Å². The number of nitrogens with zero attached hydrogens (tertiary/aromatic N) is 3. The van der Waals surface area contributed by atoms with Gasteiger partial charge in [-0.05, 0) is 0 Å². The maximum atomic E-state index is 5.37. The first-order chi connectivity index (χ1) is 7.86. The van der Waals surface area contributed by atoms with Crippen molar-refractivity contribution < 1.29 is 4.74 Å². The minimum absolute atomic E-state index is 0.506. The summed E-state index contributed by atoms with van der Waals surface area (Å²) in [6.07, 6.45) is 1.48. The molecule has 2 heterocycles. The third kappa shape index (κ3) is 2.00. The summed E-state index contributed by atoms with van der Waals surface area (Å²) >= 11 is 0. The molecule has 0 spiro atoms. The highest BCUT2D eigenvalue weighted by atomic mass is 16.5. The average Bonchev–Trinajstić information content (AvgIpc) is 2.38. The number of nitrogens with one attached hydrogen (secondary N) is 2. The summed E-state index contributed by atoms with van der Waals surface area (Å²) in [5, 5.41) is 3.28. The first-order valence-electron chi connectivity index (χ1n) is 5.18. The van der Waals surface area contributed by atoms with Crippen LogP contribution in [0.5, 0.6) is 5.75 Å². The number of anilines is 2. The molecule has 88 valence electrons. The second-order valence-electron chi connectivity index (χ2n) is 3.46. The van der Waals surface area contributed by atoms with Gasteiger partial charge in [0.1, 0.15) is 6.33 Å². The van der Waals surface area contributed by atoms with E-state index < -0.39 is 0 Å². The van der Waals surface area contributed by atoms with Gasteiger partial charge in [0.05, 0.1) is 7.11 Å². The fourth-order valence-electron chi connectivity index (χ4n) is 1.76. The summed E-state index contributed by atoms with van der Waals surface area (Å²) in [6, 6.07) is 0. The number of hydrogen-bond donors (Lipinski definition) is 3. The van der Waals surface area contributed by atoms with Gasteiger partial charge in [-0.2, -0.15) is 0 Å². The molecule has 0 radical (unpaired) electrons. The molecule has 1 aliphatic heterocycles. The summed E-state index contributed by atoms with van der Waals surface area (Å²) < 4.78 is 5.29. The standard InChI is InChI=1S/C9H16N6O/c1-16-7-8(14-10)12-6-13-9(7)15-4-2-11-3-5-15/h6,11H,2-5,10H2,1H3,(H,12,13,14). The van der Waals surface area contributed by atoms with Crippen molar-refractivity contribution in [3.05, 3.63) is 6.33 Å². The van der Waals surface area contributed by atoms with Crippen LogP contribution in [0.1, 0.15) is 0 Å². The fraction of sp³-hybridized carbons (Fsp3) is 0.556. The molecule has 0 bridgehead atoms.